The zero-order valence-electron chi connectivity index (χ0n) is 8.33. The summed E-state index contributed by atoms with van der Waals surface area (Å²) >= 11 is 0. The molecule has 4 nitrogen and oxygen atoms in total. The summed E-state index contributed by atoms with van der Waals surface area (Å²) in [7, 11) is 1.08. The first-order chi connectivity index (χ1) is 7.04. The van der Waals surface area contributed by atoms with Crippen molar-refractivity contribution in [3.8, 4) is 0 Å². The lowest BCUT2D eigenvalue weighted by molar-refractivity contribution is -0.150. The Kier molecular flexibility index (Phi) is 3.38. The zero-order valence-corrected chi connectivity index (χ0v) is 8.33. The van der Waals surface area contributed by atoms with Crippen molar-refractivity contribution in [2.24, 2.45) is 0 Å². The van der Waals surface area contributed by atoms with Gasteiger partial charge in [0.1, 0.15) is 5.82 Å². The predicted molar refractivity (Wildman–Crippen MR) is 51.8 cm³/mol. The summed E-state index contributed by atoms with van der Waals surface area (Å²) in [5.74, 6) is -2.65. The molecule has 0 atom stereocenters. The number of rotatable bonds is 1. The number of hydrogen-bond donors (Lipinski definition) is 1. The number of esters is 1. The number of hydrogen-bond acceptors (Lipinski definition) is 3. The Bertz CT molecular complexity index is 404. The van der Waals surface area contributed by atoms with Gasteiger partial charge in [-0.05, 0) is 24.6 Å². The van der Waals surface area contributed by atoms with E-state index in [1.54, 1.807) is 13.0 Å². The van der Waals surface area contributed by atoms with Gasteiger partial charge in [-0.15, -0.1) is 0 Å². The topological polar surface area (TPSA) is 55.4 Å². The molecule has 0 aliphatic carbocycles. The molecular weight excluding hydrogens is 201 g/mol. The molecule has 0 aromatic heterocycles. The lowest BCUT2D eigenvalue weighted by Crippen LogP contribution is -2.24. The Morgan fingerprint density at radius 3 is 2.60 bits per heavy atom. The molecule has 1 amide bonds. The molecule has 5 heteroatoms. The highest BCUT2D eigenvalue weighted by Gasteiger charge is 2.15. The number of anilines is 1. The quantitative estimate of drug-likeness (QED) is 0.561. The van der Waals surface area contributed by atoms with E-state index in [0.717, 1.165) is 12.7 Å². The van der Waals surface area contributed by atoms with Crippen molar-refractivity contribution in [3.05, 3.63) is 29.6 Å². The molecule has 15 heavy (non-hydrogen) atoms. The van der Waals surface area contributed by atoms with Crippen LogP contribution in [0.2, 0.25) is 0 Å². The molecule has 1 rings (SSSR count). The number of carbonyl (C=O) groups excluding carboxylic acids is 2. The molecule has 0 unspecified atom stereocenters. The SMILES string of the molecule is COC(=O)C(=O)Nc1ccc(C)cc1F. The van der Waals surface area contributed by atoms with Gasteiger partial charge in [-0.3, -0.25) is 4.79 Å². The molecular formula is C10H10FNO3. The number of ether oxygens (including phenoxy) is 1. The van der Waals surface area contributed by atoms with Crippen LogP contribution in [0.1, 0.15) is 5.56 Å². The minimum Gasteiger partial charge on any atom is -0.462 e. The van der Waals surface area contributed by atoms with Crippen molar-refractivity contribution in [2.75, 3.05) is 12.4 Å². The van der Waals surface area contributed by atoms with Gasteiger partial charge >= 0.3 is 11.9 Å². The minimum absolute atomic E-state index is 0.0454. The normalized spacial score (nSPS) is 9.53. The van der Waals surface area contributed by atoms with E-state index in [0.29, 0.717) is 0 Å². The molecule has 0 saturated heterocycles. The largest absolute Gasteiger partial charge is 0.462 e. The Hall–Kier alpha value is -1.91. The highest BCUT2D eigenvalue weighted by Crippen LogP contribution is 2.14. The van der Waals surface area contributed by atoms with E-state index in [9.17, 15) is 14.0 Å². The van der Waals surface area contributed by atoms with Crippen LogP contribution in [0.15, 0.2) is 18.2 Å². The fourth-order valence-electron chi connectivity index (χ4n) is 0.988. The number of nitrogens with one attached hydrogen (secondary N) is 1. The third kappa shape index (κ3) is 2.77. The summed E-state index contributed by atoms with van der Waals surface area (Å²) in [5, 5.41) is 2.10. The number of methoxy groups -OCH3 is 1. The van der Waals surface area contributed by atoms with Crippen LogP contribution in [0, 0.1) is 12.7 Å². The summed E-state index contributed by atoms with van der Waals surface area (Å²) in [6, 6.07) is 4.26. The van der Waals surface area contributed by atoms with E-state index in [1.165, 1.54) is 12.1 Å². The maximum absolute atomic E-state index is 13.2. The number of amides is 1. The molecule has 1 N–H and O–H groups in total. The van der Waals surface area contributed by atoms with Crippen LogP contribution in [-0.2, 0) is 14.3 Å². The van der Waals surface area contributed by atoms with Gasteiger partial charge in [-0.2, -0.15) is 0 Å². The van der Waals surface area contributed by atoms with Gasteiger partial charge in [0.15, 0.2) is 0 Å². The third-order valence-corrected chi connectivity index (χ3v) is 1.74. The van der Waals surface area contributed by atoms with Crippen molar-refractivity contribution in [3.63, 3.8) is 0 Å². The first kappa shape index (κ1) is 11.2. The van der Waals surface area contributed by atoms with Crippen LogP contribution < -0.4 is 5.32 Å². The van der Waals surface area contributed by atoms with Crippen molar-refractivity contribution in [1.82, 2.24) is 0 Å². The Labute approximate surface area is 86.0 Å². The van der Waals surface area contributed by atoms with E-state index in [-0.39, 0.29) is 5.69 Å². The molecule has 0 heterocycles. The van der Waals surface area contributed by atoms with Gasteiger partial charge in [0.2, 0.25) is 0 Å². The van der Waals surface area contributed by atoms with Crippen molar-refractivity contribution in [1.29, 1.82) is 0 Å². The van der Waals surface area contributed by atoms with Crippen molar-refractivity contribution < 1.29 is 18.7 Å². The van der Waals surface area contributed by atoms with Crippen molar-refractivity contribution >= 4 is 17.6 Å². The van der Waals surface area contributed by atoms with Crippen LogP contribution in [0.4, 0.5) is 10.1 Å². The summed E-state index contributed by atoms with van der Waals surface area (Å²) in [5.41, 5.74) is 0.680. The first-order valence-corrected chi connectivity index (χ1v) is 4.20. The van der Waals surface area contributed by atoms with E-state index >= 15 is 0 Å². The highest BCUT2D eigenvalue weighted by atomic mass is 19.1. The number of halogens is 1. The average molecular weight is 211 g/mol. The smallest absolute Gasteiger partial charge is 0.396 e. The predicted octanol–water partition coefficient (Wildman–Crippen LogP) is 1.25. The van der Waals surface area contributed by atoms with Gasteiger partial charge in [0.25, 0.3) is 0 Å². The molecule has 0 aliphatic rings. The summed E-state index contributed by atoms with van der Waals surface area (Å²) in [6.45, 7) is 1.72. The Morgan fingerprint density at radius 2 is 2.07 bits per heavy atom. The maximum Gasteiger partial charge on any atom is 0.396 e. The second-order valence-corrected chi connectivity index (χ2v) is 2.93. The summed E-state index contributed by atoms with van der Waals surface area (Å²) in [4.78, 5) is 21.8. The van der Waals surface area contributed by atoms with Crippen LogP contribution >= 0.6 is 0 Å². The standard InChI is InChI=1S/C10H10FNO3/c1-6-3-4-8(7(11)5-6)12-9(13)10(14)15-2/h3-5H,1-2H3,(H,12,13). The number of carbonyl (C=O) groups is 2. The maximum atomic E-state index is 13.2. The van der Waals surface area contributed by atoms with Gasteiger partial charge in [-0.25, -0.2) is 9.18 Å². The second-order valence-electron chi connectivity index (χ2n) is 2.93. The molecule has 1 aromatic carbocycles. The molecule has 0 radical (unpaired) electrons. The molecule has 0 fully saturated rings. The zero-order chi connectivity index (χ0) is 11.4. The van der Waals surface area contributed by atoms with Gasteiger partial charge in [-0.1, -0.05) is 6.07 Å². The monoisotopic (exact) mass is 211 g/mol. The van der Waals surface area contributed by atoms with Crippen molar-refractivity contribution in [2.45, 2.75) is 6.92 Å². The number of benzene rings is 1. The first-order valence-electron chi connectivity index (χ1n) is 4.20. The lowest BCUT2D eigenvalue weighted by atomic mass is 10.2. The van der Waals surface area contributed by atoms with E-state index in [4.69, 9.17) is 0 Å². The number of aryl methyl sites for hydroxylation is 1. The second kappa shape index (κ2) is 4.54. The summed E-state index contributed by atoms with van der Waals surface area (Å²) < 4.78 is 17.4. The Morgan fingerprint density at radius 1 is 1.40 bits per heavy atom. The summed E-state index contributed by atoms with van der Waals surface area (Å²) in [6.07, 6.45) is 0. The average Bonchev–Trinajstić information content (AvgIpc) is 2.20. The fraction of sp³-hybridized carbons (Fsp3) is 0.200. The van der Waals surface area contributed by atoms with E-state index in [2.05, 4.69) is 10.1 Å². The van der Waals surface area contributed by atoms with Gasteiger partial charge < -0.3 is 10.1 Å². The molecule has 1 aromatic rings. The molecule has 0 spiro atoms. The molecule has 80 valence electrons. The molecule has 0 aliphatic heterocycles. The lowest BCUT2D eigenvalue weighted by Gasteiger charge is -2.05. The van der Waals surface area contributed by atoms with E-state index in [1.807, 2.05) is 0 Å². The van der Waals surface area contributed by atoms with Gasteiger partial charge in [0, 0.05) is 0 Å². The molecule has 0 saturated carbocycles. The Balaban J connectivity index is 2.81. The third-order valence-electron chi connectivity index (χ3n) is 1.74. The van der Waals surface area contributed by atoms with Crippen LogP contribution in [0.25, 0.3) is 0 Å². The van der Waals surface area contributed by atoms with Crippen LogP contribution in [-0.4, -0.2) is 19.0 Å². The highest BCUT2D eigenvalue weighted by molar-refractivity contribution is 6.37. The van der Waals surface area contributed by atoms with E-state index < -0.39 is 17.7 Å². The van der Waals surface area contributed by atoms with Crippen LogP contribution in [0.5, 0.6) is 0 Å². The fourth-order valence-corrected chi connectivity index (χ4v) is 0.988. The molecule has 0 bridgehead atoms. The van der Waals surface area contributed by atoms with Gasteiger partial charge in [0.05, 0.1) is 12.8 Å². The van der Waals surface area contributed by atoms with Crippen LogP contribution in [0.3, 0.4) is 0 Å². The minimum atomic E-state index is -1.06.